The first kappa shape index (κ1) is 17.9. The summed E-state index contributed by atoms with van der Waals surface area (Å²) in [6, 6.07) is 13.9. The van der Waals surface area contributed by atoms with Crippen LogP contribution in [0, 0.1) is 0 Å². The highest BCUT2D eigenvalue weighted by Crippen LogP contribution is 2.21. The zero-order chi connectivity index (χ0) is 18.6. The molecule has 9 heteroatoms. The standard InChI is InChI=1S/C17H17N3O5S/c1-23-14-5-7-15(8-6-14)24-10-16-19-17(25-20-16)13-4-2-3-12(9-13)11-26(18,21)22/h2-9H,10-11H2,1H3,(H2,18,21,22). The molecule has 0 saturated heterocycles. The van der Waals surface area contributed by atoms with E-state index in [0.29, 0.717) is 22.7 Å². The van der Waals surface area contributed by atoms with Crippen LogP contribution in [0.1, 0.15) is 11.4 Å². The molecule has 0 saturated carbocycles. The Hall–Kier alpha value is -2.91. The molecule has 0 fully saturated rings. The van der Waals surface area contributed by atoms with Gasteiger partial charge in [0.25, 0.3) is 5.89 Å². The third kappa shape index (κ3) is 4.80. The van der Waals surface area contributed by atoms with Gasteiger partial charge in [-0.1, -0.05) is 17.3 Å². The molecule has 136 valence electrons. The molecule has 26 heavy (non-hydrogen) atoms. The first-order chi connectivity index (χ1) is 12.4. The normalized spacial score (nSPS) is 11.3. The molecule has 0 unspecified atom stereocenters. The highest BCUT2D eigenvalue weighted by atomic mass is 32.2. The molecule has 3 aromatic rings. The summed E-state index contributed by atoms with van der Waals surface area (Å²) in [6.45, 7) is 0.132. The SMILES string of the molecule is COc1ccc(OCc2noc(-c3cccc(CS(N)(=O)=O)c3)n2)cc1. The van der Waals surface area contributed by atoms with Crippen molar-refractivity contribution in [1.82, 2.24) is 10.1 Å². The van der Waals surface area contributed by atoms with Crippen LogP contribution in [0.15, 0.2) is 53.1 Å². The fourth-order valence-corrected chi connectivity index (χ4v) is 2.92. The van der Waals surface area contributed by atoms with Crippen LogP contribution in [0.4, 0.5) is 0 Å². The number of hydrogen-bond donors (Lipinski definition) is 1. The predicted octanol–water partition coefficient (Wildman–Crippen LogP) is 2.11. The zero-order valence-electron chi connectivity index (χ0n) is 14.0. The molecule has 2 N–H and O–H groups in total. The van der Waals surface area contributed by atoms with Gasteiger partial charge < -0.3 is 14.0 Å². The van der Waals surface area contributed by atoms with Crippen LogP contribution in [0.5, 0.6) is 11.5 Å². The summed E-state index contributed by atoms with van der Waals surface area (Å²) >= 11 is 0. The van der Waals surface area contributed by atoms with E-state index in [1.165, 1.54) is 0 Å². The lowest BCUT2D eigenvalue weighted by Gasteiger charge is -2.04. The Labute approximate surface area is 150 Å². The maximum absolute atomic E-state index is 11.2. The number of benzene rings is 2. The second kappa shape index (κ2) is 7.54. The number of sulfonamides is 1. The number of hydrogen-bond acceptors (Lipinski definition) is 7. The molecular formula is C17H17N3O5S. The van der Waals surface area contributed by atoms with Crippen LogP contribution in [0.3, 0.4) is 0 Å². The summed E-state index contributed by atoms with van der Waals surface area (Å²) in [5.41, 5.74) is 1.15. The summed E-state index contributed by atoms with van der Waals surface area (Å²) in [5, 5.41) is 8.94. The molecule has 8 nitrogen and oxygen atoms in total. The van der Waals surface area contributed by atoms with E-state index in [-0.39, 0.29) is 18.3 Å². The zero-order valence-corrected chi connectivity index (χ0v) is 14.8. The topological polar surface area (TPSA) is 118 Å². The smallest absolute Gasteiger partial charge is 0.258 e. The molecule has 0 aliphatic carbocycles. The van der Waals surface area contributed by atoms with Gasteiger partial charge in [0.1, 0.15) is 11.5 Å². The van der Waals surface area contributed by atoms with E-state index < -0.39 is 10.0 Å². The van der Waals surface area contributed by atoms with Crippen LogP contribution in [0.2, 0.25) is 0 Å². The number of methoxy groups -OCH3 is 1. The average molecular weight is 375 g/mol. The number of aromatic nitrogens is 2. The van der Waals surface area contributed by atoms with Gasteiger partial charge in [-0.15, -0.1) is 0 Å². The first-order valence-electron chi connectivity index (χ1n) is 7.62. The molecule has 1 heterocycles. The maximum atomic E-state index is 11.2. The van der Waals surface area contributed by atoms with Crippen molar-refractivity contribution >= 4 is 10.0 Å². The second-order valence-corrected chi connectivity index (χ2v) is 7.10. The molecule has 0 radical (unpaired) electrons. The third-order valence-corrected chi connectivity index (χ3v) is 4.17. The predicted molar refractivity (Wildman–Crippen MR) is 93.9 cm³/mol. The molecule has 0 amide bonds. The Balaban J connectivity index is 1.68. The van der Waals surface area contributed by atoms with Crippen LogP contribution < -0.4 is 14.6 Å². The summed E-state index contributed by atoms with van der Waals surface area (Å²) < 4.78 is 38.3. The highest BCUT2D eigenvalue weighted by Gasteiger charge is 2.12. The van der Waals surface area contributed by atoms with E-state index >= 15 is 0 Å². The van der Waals surface area contributed by atoms with E-state index in [4.69, 9.17) is 19.1 Å². The van der Waals surface area contributed by atoms with Crippen molar-refractivity contribution in [3.63, 3.8) is 0 Å². The van der Waals surface area contributed by atoms with Gasteiger partial charge in [-0.3, -0.25) is 0 Å². The van der Waals surface area contributed by atoms with Crippen LogP contribution >= 0.6 is 0 Å². The van der Waals surface area contributed by atoms with E-state index in [0.717, 1.165) is 5.75 Å². The van der Waals surface area contributed by atoms with Gasteiger partial charge in [0.05, 0.1) is 12.9 Å². The molecule has 0 atom stereocenters. The van der Waals surface area contributed by atoms with Crippen molar-refractivity contribution in [2.75, 3.05) is 7.11 Å². The van der Waals surface area contributed by atoms with Gasteiger partial charge in [-0.2, -0.15) is 4.98 Å². The minimum Gasteiger partial charge on any atom is -0.497 e. The Morgan fingerprint density at radius 2 is 1.85 bits per heavy atom. The van der Waals surface area contributed by atoms with Crippen molar-refractivity contribution in [3.05, 3.63) is 59.9 Å². The van der Waals surface area contributed by atoms with Crippen molar-refractivity contribution in [2.24, 2.45) is 5.14 Å². The minimum atomic E-state index is -3.61. The third-order valence-electron chi connectivity index (χ3n) is 3.44. The highest BCUT2D eigenvalue weighted by molar-refractivity contribution is 7.88. The largest absolute Gasteiger partial charge is 0.497 e. The van der Waals surface area contributed by atoms with Gasteiger partial charge in [0.15, 0.2) is 6.61 Å². The van der Waals surface area contributed by atoms with Crippen LogP contribution in [0.25, 0.3) is 11.5 Å². The lowest BCUT2D eigenvalue weighted by Crippen LogP contribution is -2.14. The first-order valence-corrected chi connectivity index (χ1v) is 9.34. The summed E-state index contributed by atoms with van der Waals surface area (Å²) in [7, 11) is -2.02. The van der Waals surface area contributed by atoms with E-state index in [1.54, 1.807) is 55.6 Å². The second-order valence-electron chi connectivity index (χ2n) is 5.49. The van der Waals surface area contributed by atoms with Gasteiger partial charge in [-0.25, -0.2) is 13.6 Å². The summed E-state index contributed by atoms with van der Waals surface area (Å²) in [4.78, 5) is 4.26. The maximum Gasteiger partial charge on any atom is 0.258 e. The number of nitrogens with two attached hydrogens (primary N) is 1. The molecule has 0 aliphatic rings. The average Bonchev–Trinajstić information content (AvgIpc) is 3.08. The van der Waals surface area contributed by atoms with Gasteiger partial charge >= 0.3 is 0 Å². The number of ether oxygens (including phenoxy) is 2. The van der Waals surface area contributed by atoms with Crippen molar-refractivity contribution < 1.29 is 22.4 Å². The Kier molecular flexibility index (Phi) is 5.19. The molecule has 0 aliphatic heterocycles. The van der Waals surface area contributed by atoms with Crippen LogP contribution in [-0.4, -0.2) is 25.7 Å². The molecule has 0 bridgehead atoms. The number of nitrogens with zero attached hydrogens (tertiary/aromatic N) is 2. The van der Waals surface area contributed by atoms with E-state index in [1.807, 2.05) is 0 Å². The number of rotatable bonds is 7. The van der Waals surface area contributed by atoms with E-state index in [2.05, 4.69) is 10.1 Å². The van der Waals surface area contributed by atoms with E-state index in [9.17, 15) is 8.42 Å². The van der Waals surface area contributed by atoms with Gasteiger partial charge in [-0.05, 0) is 42.0 Å². The fraction of sp³-hybridized carbons (Fsp3) is 0.176. The van der Waals surface area contributed by atoms with Gasteiger partial charge in [0, 0.05) is 5.56 Å². The molecule has 2 aromatic carbocycles. The molecular weight excluding hydrogens is 358 g/mol. The lowest BCUT2D eigenvalue weighted by molar-refractivity contribution is 0.286. The quantitative estimate of drug-likeness (QED) is 0.672. The van der Waals surface area contributed by atoms with Crippen molar-refractivity contribution in [1.29, 1.82) is 0 Å². The Bertz CT molecular complexity index is 984. The molecule has 0 spiro atoms. The van der Waals surface area contributed by atoms with Gasteiger partial charge in [0.2, 0.25) is 15.8 Å². The van der Waals surface area contributed by atoms with Crippen molar-refractivity contribution in [2.45, 2.75) is 12.4 Å². The van der Waals surface area contributed by atoms with Crippen molar-refractivity contribution in [3.8, 4) is 23.0 Å². The summed E-state index contributed by atoms with van der Waals surface area (Å²) in [5.74, 6) is 1.76. The monoisotopic (exact) mass is 375 g/mol. The minimum absolute atomic E-state index is 0.132. The molecule has 3 rings (SSSR count). The Morgan fingerprint density at radius 3 is 2.54 bits per heavy atom. The van der Waals surface area contributed by atoms with Crippen LogP contribution in [-0.2, 0) is 22.4 Å². The summed E-state index contributed by atoms with van der Waals surface area (Å²) in [6.07, 6.45) is 0. The lowest BCUT2D eigenvalue weighted by atomic mass is 10.1. The fourth-order valence-electron chi connectivity index (χ4n) is 2.28. The molecule has 1 aromatic heterocycles. The number of primary sulfonamides is 1. The Morgan fingerprint density at radius 1 is 1.12 bits per heavy atom.